The molecule has 1 aromatic carbocycles. The first-order valence-electron chi connectivity index (χ1n) is 5.12. The third-order valence-corrected chi connectivity index (χ3v) is 2.56. The molecular weight excluding hydrogens is 222 g/mol. The molecule has 0 aliphatic heterocycles. The summed E-state index contributed by atoms with van der Waals surface area (Å²) in [6.07, 6.45) is 7.06. The van der Waals surface area contributed by atoms with Crippen molar-refractivity contribution in [2.45, 2.75) is 6.92 Å². The Morgan fingerprint density at radius 3 is 3.06 bits per heavy atom. The van der Waals surface area contributed by atoms with Gasteiger partial charge in [-0.3, -0.25) is 4.98 Å². The zero-order valence-corrected chi connectivity index (χ0v) is 9.74. The van der Waals surface area contributed by atoms with Gasteiger partial charge in [0.1, 0.15) is 0 Å². The molecule has 0 radical (unpaired) electrons. The van der Waals surface area contributed by atoms with E-state index in [4.69, 9.17) is 16.3 Å². The Labute approximate surface area is 99.5 Å². The van der Waals surface area contributed by atoms with Crippen molar-refractivity contribution in [1.82, 2.24) is 4.98 Å². The van der Waals surface area contributed by atoms with Gasteiger partial charge in [0.15, 0.2) is 0 Å². The summed E-state index contributed by atoms with van der Waals surface area (Å²) in [7, 11) is 0. The van der Waals surface area contributed by atoms with Gasteiger partial charge in [-0.15, -0.1) is 0 Å². The Balaban J connectivity index is 2.39. The number of benzene rings is 1. The number of hydrogen-bond donors (Lipinski definition) is 0. The molecule has 1 aromatic heterocycles. The minimum atomic E-state index is 0.671. The van der Waals surface area contributed by atoms with Gasteiger partial charge >= 0.3 is 0 Å². The number of rotatable bonds is 3. The second kappa shape index (κ2) is 4.99. The summed E-state index contributed by atoms with van der Waals surface area (Å²) >= 11 is 6.07. The van der Waals surface area contributed by atoms with Crippen molar-refractivity contribution in [3.05, 3.63) is 47.4 Å². The number of ether oxygens (including phenoxy) is 1. The van der Waals surface area contributed by atoms with Crippen molar-refractivity contribution < 1.29 is 4.74 Å². The lowest BCUT2D eigenvalue weighted by molar-refractivity contribution is 0.272. The van der Waals surface area contributed by atoms with E-state index in [9.17, 15) is 0 Å². The summed E-state index contributed by atoms with van der Waals surface area (Å²) in [6, 6.07) is 6.03. The van der Waals surface area contributed by atoms with E-state index >= 15 is 0 Å². The molecular formula is C13H12ClNO. The Hall–Kier alpha value is -1.54. The fraction of sp³-hybridized carbons (Fsp3) is 0.154. The van der Waals surface area contributed by atoms with Gasteiger partial charge in [0.05, 0.1) is 17.9 Å². The van der Waals surface area contributed by atoms with Crippen molar-refractivity contribution in [2.75, 3.05) is 6.61 Å². The van der Waals surface area contributed by atoms with Crippen molar-refractivity contribution in [3.63, 3.8) is 0 Å². The minimum absolute atomic E-state index is 0.671. The average Bonchev–Trinajstić information content (AvgIpc) is 2.30. The number of pyridine rings is 1. The monoisotopic (exact) mass is 233 g/mol. The lowest BCUT2D eigenvalue weighted by atomic mass is 10.1. The van der Waals surface area contributed by atoms with E-state index in [0.29, 0.717) is 11.6 Å². The van der Waals surface area contributed by atoms with Crippen molar-refractivity contribution in [1.29, 1.82) is 0 Å². The van der Waals surface area contributed by atoms with Gasteiger partial charge in [-0.2, -0.15) is 0 Å². The summed E-state index contributed by atoms with van der Waals surface area (Å²) in [4.78, 5) is 4.04. The quantitative estimate of drug-likeness (QED) is 0.751. The number of halogens is 1. The zero-order chi connectivity index (χ0) is 11.4. The number of nitrogens with zero attached hydrogens (tertiary/aromatic N) is 1. The Morgan fingerprint density at radius 1 is 1.38 bits per heavy atom. The van der Waals surface area contributed by atoms with Crippen LogP contribution in [0.3, 0.4) is 0 Å². The Morgan fingerprint density at radius 2 is 2.25 bits per heavy atom. The first-order valence-corrected chi connectivity index (χ1v) is 5.50. The third kappa shape index (κ3) is 2.34. The fourth-order valence-corrected chi connectivity index (χ4v) is 1.69. The van der Waals surface area contributed by atoms with Gasteiger partial charge in [0, 0.05) is 23.2 Å². The highest BCUT2D eigenvalue weighted by Gasteiger charge is 1.99. The number of hydrogen-bond acceptors (Lipinski definition) is 2. The van der Waals surface area contributed by atoms with E-state index in [1.165, 1.54) is 0 Å². The maximum atomic E-state index is 6.07. The molecule has 0 unspecified atom stereocenters. The van der Waals surface area contributed by atoms with Crippen LogP contribution in [0.5, 0.6) is 0 Å². The Kier molecular flexibility index (Phi) is 3.42. The first kappa shape index (κ1) is 11.0. The lowest BCUT2D eigenvalue weighted by Crippen LogP contribution is -1.81. The summed E-state index contributed by atoms with van der Waals surface area (Å²) in [5, 5.41) is 2.72. The van der Waals surface area contributed by atoms with Gasteiger partial charge < -0.3 is 4.74 Å². The highest BCUT2D eigenvalue weighted by atomic mass is 35.5. The molecule has 82 valence electrons. The largest absolute Gasteiger partial charge is 0.501 e. The average molecular weight is 234 g/mol. The van der Waals surface area contributed by atoms with Crippen molar-refractivity contribution in [2.24, 2.45) is 0 Å². The summed E-state index contributed by atoms with van der Waals surface area (Å²) in [5.41, 5.74) is 1.06. The van der Waals surface area contributed by atoms with Crippen LogP contribution in [0.25, 0.3) is 16.8 Å². The molecule has 0 atom stereocenters. The molecule has 0 aliphatic carbocycles. The second-order valence-corrected chi connectivity index (χ2v) is 3.77. The van der Waals surface area contributed by atoms with Gasteiger partial charge in [-0.05, 0) is 24.6 Å². The molecule has 0 amide bonds. The second-order valence-electron chi connectivity index (χ2n) is 3.36. The van der Waals surface area contributed by atoms with Crippen molar-refractivity contribution in [3.8, 4) is 0 Å². The normalized spacial score (nSPS) is 11.1. The van der Waals surface area contributed by atoms with Gasteiger partial charge in [-0.1, -0.05) is 23.7 Å². The van der Waals surface area contributed by atoms with Crippen LogP contribution in [0.15, 0.2) is 36.9 Å². The van der Waals surface area contributed by atoms with Crippen LogP contribution in [0, 0.1) is 0 Å². The first-order chi connectivity index (χ1) is 7.81. The predicted octanol–water partition coefficient (Wildman–Crippen LogP) is 3.90. The minimum Gasteiger partial charge on any atom is -0.501 e. The standard InChI is InChI=1S/C13H12ClNO/c1-2-16-6-5-10-3-4-11-8-15-9-13(14)12(11)7-10/h3-9H,2H2,1H3/b6-5+. The Bertz CT molecular complexity index is 522. The van der Waals surface area contributed by atoms with Gasteiger partial charge in [0.25, 0.3) is 0 Å². The zero-order valence-electron chi connectivity index (χ0n) is 8.98. The van der Waals surface area contributed by atoms with E-state index in [0.717, 1.165) is 16.3 Å². The summed E-state index contributed by atoms with van der Waals surface area (Å²) in [5.74, 6) is 0. The molecule has 0 saturated carbocycles. The topological polar surface area (TPSA) is 22.1 Å². The highest BCUT2D eigenvalue weighted by Crippen LogP contribution is 2.23. The van der Waals surface area contributed by atoms with Gasteiger partial charge in [0.2, 0.25) is 0 Å². The van der Waals surface area contributed by atoms with E-state index < -0.39 is 0 Å². The molecule has 2 nitrogen and oxygen atoms in total. The van der Waals surface area contributed by atoms with Gasteiger partial charge in [-0.25, -0.2) is 0 Å². The SMILES string of the molecule is CCO/C=C/c1ccc2cncc(Cl)c2c1. The van der Waals surface area contributed by atoms with Crippen LogP contribution in [-0.2, 0) is 4.74 Å². The molecule has 2 rings (SSSR count). The van der Waals surface area contributed by atoms with Crippen LogP contribution >= 0.6 is 11.6 Å². The van der Waals surface area contributed by atoms with E-state index in [-0.39, 0.29) is 0 Å². The predicted molar refractivity (Wildman–Crippen MR) is 67.4 cm³/mol. The summed E-state index contributed by atoms with van der Waals surface area (Å²) in [6.45, 7) is 2.63. The molecule has 1 heterocycles. The smallest absolute Gasteiger partial charge is 0.0845 e. The molecule has 0 fully saturated rings. The number of aromatic nitrogens is 1. The molecule has 0 saturated heterocycles. The van der Waals surface area contributed by atoms with Crippen LogP contribution in [0.2, 0.25) is 5.02 Å². The molecule has 0 bridgehead atoms. The van der Waals surface area contributed by atoms with E-state index in [1.54, 1.807) is 18.7 Å². The molecule has 3 heteroatoms. The highest BCUT2D eigenvalue weighted by molar-refractivity contribution is 6.35. The molecule has 2 aromatic rings. The van der Waals surface area contributed by atoms with Crippen molar-refractivity contribution >= 4 is 28.4 Å². The van der Waals surface area contributed by atoms with Crippen LogP contribution in [-0.4, -0.2) is 11.6 Å². The van der Waals surface area contributed by atoms with E-state index in [2.05, 4.69) is 4.98 Å². The molecule has 16 heavy (non-hydrogen) atoms. The fourth-order valence-electron chi connectivity index (χ4n) is 1.47. The van der Waals surface area contributed by atoms with E-state index in [1.807, 2.05) is 31.2 Å². The number of fused-ring (bicyclic) bond motifs is 1. The maximum Gasteiger partial charge on any atom is 0.0845 e. The van der Waals surface area contributed by atoms with Crippen LogP contribution < -0.4 is 0 Å². The van der Waals surface area contributed by atoms with Crippen LogP contribution in [0.4, 0.5) is 0 Å². The maximum absolute atomic E-state index is 6.07. The molecule has 0 aliphatic rings. The third-order valence-electron chi connectivity index (χ3n) is 2.26. The van der Waals surface area contributed by atoms with Crippen LogP contribution in [0.1, 0.15) is 12.5 Å². The molecule has 0 N–H and O–H groups in total. The lowest BCUT2D eigenvalue weighted by Gasteiger charge is -2.01. The summed E-state index contributed by atoms with van der Waals surface area (Å²) < 4.78 is 5.15. The molecule has 0 spiro atoms.